The number of nitrogens with one attached hydrogen (secondary N) is 1. The number of nitro benzene ring substituents is 2. The molecular weight excluding hydrogens is 362 g/mol. The zero-order valence-electron chi connectivity index (χ0n) is 15.5. The topological polar surface area (TPSA) is 134 Å². The van der Waals surface area contributed by atoms with E-state index in [9.17, 15) is 20.2 Å². The fraction of sp³-hybridized carbons (Fsp3) is 0.263. The number of hydrogen-bond donors (Lipinski definition) is 1. The predicted molar refractivity (Wildman–Crippen MR) is 105 cm³/mol. The maximum atomic E-state index is 11.3. The highest BCUT2D eigenvalue weighted by Crippen LogP contribution is 2.31. The maximum Gasteiger partial charge on any atom is 0.301 e. The average molecular weight is 381 g/mol. The Morgan fingerprint density at radius 1 is 1.14 bits per heavy atom. The van der Waals surface area contributed by atoms with Gasteiger partial charge < -0.3 is 0 Å². The molecule has 0 aliphatic rings. The molecule has 0 bridgehead atoms. The van der Waals surface area contributed by atoms with Gasteiger partial charge in [-0.1, -0.05) is 44.2 Å². The molecule has 0 aliphatic heterocycles. The molecule has 2 aromatic carbocycles. The Morgan fingerprint density at radius 2 is 1.82 bits per heavy atom. The van der Waals surface area contributed by atoms with Crippen LogP contribution in [0.15, 0.2) is 53.6 Å². The number of benzene rings is 2. The highest BCUT2D eigenvalue weighted by atomic mass is 16.6. The van der Waals surface area contributed by atoms with Crippen LogP contribution < -0.4 is 5.43 Å². The first kappa shape index (κ1) is 20.5. The Balaban J connectivity index is 2.47. The number of hydrogen-bond acceptors (Lipinski definition) is 7. The average Bonchev–Trinajstić information content (AvgIpc) is 2.67. The molecule has 28 heavy (non-hydrogen) atoms. The van der Waals surface area contributed by atoms with Gasteiger partial charge in [-0.05, 0) is 18.1 Å². The van der Waals surface area contributed by atoms with Crippen LogP contribution in [0.3, 0.4) is 0 Å². The van der Waals surface area contributed by atoms with Gasteiger partial charge >= 0.3 is 5.69 Å². The molecule has 0 saturated heterocycles. The molecule has 0 spiro atoms. The van der Waals surface area contributed by atoms with Crippen LogP contribution in [0.25, 0.3) is 0 Å². The van der Waals surface area contributed by atoms with Crippen molar-refractivity contribution in [2.24, 2.45) is 10.5 Å². The summed E-state index contributed by atoms with van der Waals surface area (Å²) in [5, 5.41) is 35.5. The van der Waals surface area contributed by atoms with Gasteiger partial charge in [0.05, 0.1) is 27.7 Å². The summed E-state index contributed by atoms with van der Waals surface area (Å²) < 4.78 is 0. The zero-order chi connectivity index (χ0) is 20.7. The van der Waals surface area contributed by atoms with Crippen LogP contribution in [0, 0.1) is 37.0 Å². The maximum absolute atomic E-state index is 11.3. The van der Waals surface area contributed by atoms with E-state index in [2.05, 4.69) is 16.6 Å². The van der Waals surface area contributed by atoms with Crippen molar-refractivity contribution in [1.29, 1.82) is 5.26 Å². The molecule has 0 aliphatic carbocycles. The molecule has 0 radical (unpaired) electrons. The van der Waals surface area contributed by atoms with Crippen LogP contribution in [0.2, 0.25) is 0 Å². The van der Waals surface area contributed by atoms with Crippen LogP contribution >= 0.6 is 0 Å². The van der Waals surface area contributed by atoms with E-state index >= 15 is 0 Å². The zero-order valence-corrected chi connectivity index (χ0v) is 15.5. The normalized spacial score (nSPS) is 11.5. The molecule has 0 unspecified atom stereocenters. The summed E-state index contributed by atoms with van der Waals surface area (Å²) in [6.45, 7) is 3.87. The molecule has 0 aromatic heterocycles. The minimum atomic E-state index is -0.701. The molecular formula is C19H19N5O4. The minimum Gasteiger partial charge on any atom is -0.271 e. The van der Waals surface area contributed by atoms with Gasteiger partial charge in [-0.25, -0.2) is 0 Å². The Hall–Kier alpha value is -3.80. The van der Waals surface area contributed by atoms with Crippen LogP contribution in [0.1, 0.15) is 32.3 Å². The molecule has 0 heterocycles. The van der Waals surface area contributed by atoms with E-state index in [1.54, 1.807) is 0 Å². The van der Waals surface area contributed by atoms with Crippen molar-refractivity contribution in [3.8, 4) is 6.07 Å². The van der Waals surface area contributed by atoms with Crippen molar-refractivity contribution in [2.45, 2.75) is 26.7 Å². The Labute approximate surface area is 161 Å². The summed E-state index contributed by atoms with van der Waals surface area (Å²) in [6.07, 6.45) is 0.873. The van der Waals surface area contributed by atoms with Gasteiger partial charge in [0.2, 0.25) is 0 Å². The van der Waals surface area contributed by atoms with E-state index < -0.39 is 20.9 Å². The molecule has 2 rings (SSSR count). The van der Waals surface area contributed by atoms with E-state index in [4.69, 9.17) is 5.26 Å². The van der Waals surface area contributed by atoms with Crippen LogP contribution in [-0.2, 0) is 0 Å². The monoisotopic (exact) mass is 381 g/mol. The number of hydrazone groups is 1. The second kappa shape index (κ2) is 8.73. The van der Waals surface area contributed by atoms with Crippen LogP contribution in [0.5, 0.6) is 0 Å². The number of nitro groups is 2. The van der Waals surface area contributed by atoms with Gasteiger partial charge in [-0.15, -0.1) is 0 Å². The van der Waals surface area contributed by atoms with Gasteiger partial charge in [0, 0.05) is 17.9 Å². The lowest BCUT2D eigenvalue weighted by molar-refractivity contribution is -0.393. The quantitative estimate of drug-likeness (QED) is 0.402. The molecule has 9 nitrogen and oxygen atoms in total. The Kier molecular flexibility index (Phi) is 6.39. The minimum absolute atomic E-state index is 0.0418. The third-order valence-corrected chi connectivity index (χ3v) is 4.23. The number of nitriles is 1. The third kappa shape index (κ3) is 4.88. The summed E-state index contributed by atoms with van der Waals surface area (Å²) in [4.78, 5) is 20.8. The molecule has 9 heteroatoms. The van der Waals surface area contributed by atoms with Crippen molar-refractivity contribution in [3.63, 3.8) is 0 Å². The summed E-state index contributed by atoms with van der Waals surface area (Å²) in [5.41, 5.74) is 2.85. The van der Waals surface area contributed by atoms with E-state index in [0.29, 0.717) is 18.6 Å². The molecule has 0 amide bonds. The van der Waals surface area contributed by atoms with Crippen molar-refractivity contribution in [3.05, 3.63) is 74.3 Å². The lowest BCUT2D eigenvalue weighted by Gasteiger charge is -2.26. The van der Waals surface area contributed by atoms with Crippen molar-refractivity contribution >= 4 is 22.8 Å². The lowest BCUT2D eigenvalue weighted by atomic mass is 9.80. The van der Waals surface area contributed by atoms with Crippen LogP contribution in [0.4, 0.5) is 17.1 Å². The molecule has 0 atom stereocenters. The fourth-order valence-corrected chi connectivity index (χ4v) is 2.68. The lowest BCUT2D eigenvalue weighted by Crippen LogP contribution is -2.26. The Morgan fingerprint density at radius 3 is 2.39 bits per heavy atom. The molecule has 2 aromatic rings. The predicted octanol–water partition coefficient (Wildman–Crippen LogP) is 4.65. The fourth-order valence-electron chi connectivity index (χ4n) is 2.68. The molecule has 144 valence electrons. The molecule has 0 fully saturated rings. The van der Waals surface area contributed by atoms with Crippen molar-refractivity contribution in [1.82, 2.24) is 0 Å². The summed E-state index contributed by atoms with van der Waals surface area (Å²) in [6, 6.07) is 14.7. The highest BCUT2D eigenvalue weighted by Gasteiger charge is 2.27. The van der Waals surface area contributed by atoms with Gasteiger partial charge in [0.25, 0.3) is 5.69 Å². The number of non-ortho nitro benzene ring substituents is 1. The van der Waals surface area contributed by atoms with Gasteiger partial charge in [-0.3, -0.25) is 25.7 Å². The van der Waals surface area contributed by atoms with E-state index in [0.717, 1.165) is 11.6 Å². The number of rotatable bonds is 8. The first-order chi connectivity index (χ1) is 13.3. The number of anilines is 1. The van der Waals surface area contributed by atoms with E-state index in [1.165, 1.54) is 12.1 Å². The Bertz CT molecular complexity index is 949. The molecule has 0 saturated carbocycles. The van der Waals surface area contributed by atoms with E-state index in [-0.39, 0.29) is 11.4 Å². The first-order valence-electron chi connectivity index (χ1n) is 8.45. The number of nitrogens with zero attached hydrogens (tertiary/aromatic N) is 4. The SMILES string of the molecule is CC(C)(CCC#N)/C(=N\Nc1ccc([N+](=O)[O-])cc1[N+](=O)[O-])c1ccccc1. The highest BCUT2D eigenvalue weighted by molar-refractivity contribution is 6.04. The van der Waals surface area contributed by atoms with Crippen molar-refractivity contribution in [2.75, 3.05) is 5.43 Å². The summed E-state index contributed by atoms with van der Waals surface area (Å²) in [7, 11) is 0. The second-order valence-electron chi connectivity index (χ2n) is 6.70. The largest absolute Gasteiger partial charge is 0.301 e. The van der Waals surface area contributed by atoms with Crippen molar-refractivity contribution < 1.29 is 9.85 Å². The van der Waals surface area contributed by atoms with Gasteiger partial charge in [0.1, 0.15) is 5.69 Å². The van der Waals surface area contributed by atoms with Gasteiger partial charge in [-0.2, -0.15) is 10.4 Å². The smallest absolute Gasteiger partial charge is 0.271 e. The molecule has 1 N–H and O–H groups in total. The van der Waals surface area contributed by atoms with Crippen LogP contribution in [-0.4, -0.2) is 15.6 Å². The standard InChI is InChI=1S/C19H19N5O4/c1-19(2,11-6-12-20)18(14-7-4-3-5-8-14)22-21-16-10-9-15(23(25)26)13-17(16)24(27)28/h3-5,7-10,13,21H,6,11H2,1-2H3/b22-18-. The first-order valence-corrected chi connectivity index (χ1v) is 8.45. The summed E-state index contributed by atoms with van der Waals surface area (Å²) in [5.74, 6) is 0. The third-order valence-electron chi connectivity index (χ3n) is 4.23. The summed E-state index contributed by atoms with van der Waals surface area (Å²) >= 11 is 0. The van der Waals surface area contributed by atoms with Gasteiger partial charge in [0.15, 0.2) is 0 Å². The van der Waals surface area contributed by atoms with E-state index in [1.807, 2.05) is 44.2 Å². The second-order valence-corrected chi connectivity index (χ2v) is 6.70.